The Morgan fingerprint density at radius 1 is 1.38 bits per heavy atom. The summed E-state index contributed by atoms with van der Waals surface area (Å²) in [6.07, 6.45) is 7.08. The summed E-state index contributed by atoms with van der Waals surface area (Å²) in [5, 5.41) is 3.08. The number of aryl methyl sites for hydroxylation is 2. The second kappa shape index (κ2) is 8.75. The molecule has 2 rings (SSSR count). The van der Waals surface area contributed by atoms with Crippen LogP contribution in [-0.2, 0) is 4.79 Å². The fourth-order valence-corrected chi connectivity index (χ4v) is 3.12. The lowest BCUT2D eigenvalue weighted by molar-refractivity contribution is -0.127. The summed E-state index contributed by atoms with van der Waals surface area (Å²) in [4.78, 5) is 14.6. The Labute approximate surface area is 145 Å². The van der Waals surface area contributed by atoms with Crippen LogP contribution >= 0.6 is 0 Å². The van der Waals surface area contributed by atoms with Gasteiger partial charge in [-0.3, -0.25) is 9.69 Å². The zero-order valence-electron chi connectivity index (χ0n) is 15.0. The van der Waals surface area contributed by atoms with Gasteiger partial charge in [0.15, 0.2) is 0 Å². The van der Waals surface area contributed by atoms with E-state index < -0.39 is 0 Å². The van der Waals surface area contributed by atoms with E-state index >= 15 is 0 Å². The van der Waals surface area contributed by atoms with E-state index in [9.17, 15) is 4.79 Å². The first-order chi connectivity index (χ1) is 11.5. The number of para-hydroxylation sites is 1. The third-order valence-electron chi connectivity index (χ3n) is 4.55. The largest absolute Gasteiger partial charge is 0.491 e. The summed E-state index contributed by atoms with van der Waals surface area (Å²) in [6.45, 7) is 9.01. The zero-order chi connectivity index (χ0) is 17.5. The van der Waals surface area contributed by atoms with E-state index in [1.54, 1.807) is 0 Å². The van der Waals surface area contributed by atoms with Crippen molar-refractivity contribution in [2.75, 3.05) is 26.2 Å². The van der Waals surface area contributed by atoms with Gasteiger partial charge >= 0.3 is 0 Å². The molecule has 1 N–H and O–H groups in total. The monoisotopic (exact) mass is 328 g/mol. The highest BCUT2D eigenvalue weighted by atomic mass is 16.5. The van der Waals surface area contributed by atoms with Gasteiger partial charge in [0.25, 0.3) is 0 Å². The Morgan fingerprint density at radius 3 is 2.58 bits per heavy atom. The van der Waals surface area contributed by atoms with Gasteiger partial charge in [0.05, 0.1) is 12.6 Å². The molecule has 1 heterocycles. The Balaban J connectivity index is 1.77. The van der Waals surface area contributed by atoms with Crippen LogP contribution < -0.4 is 10.1 Å². The molecule has 0 spiro atoms. The number of rotatable bonds is 6. The second-order valence-corrected chi connectivity index (χ2v) is 6.70. The molecule has 1 fully saturated rings. The van der Waals surface area contributed by atoms with Crippen LogP contribution in [-0.4, -0.2) is 43.1 Å². The van der Waals surface area contributed by atoms with E-state index in [0.717, 1.165) is 42.8 Å². The smallest absolute Gasteiger partial charge is 0.223 e. The molecule has 0 aromatic heterocycles. The second-order valence-electron chi connectivity index (χ2n) is 6.70. The highest BCUT2D eigenvalue weighted by molar-refractivity contribution is 5.79. The van der Waals surface area contributed by atoms with E-state index in [-0.39, 0.29) is 17.9 Å². The Morgan fingerprint density at radius 2 is 2.00 bits per heavy atom. The molecule has 0 unspecified atom stereocenters. The van der Waals surface area contributed by atoms with Gasteiger partial charge in [0.1, 0.15) is 12.4 Å². The molecule has 0 bridgehead atoms. The molecule has 4 heteroatoms. The maximum Gasteiger partial charge on any atom is 0.223 e. The number of hydrogen-bond acceptors (Lipinski definition) is 3. The van der Waals surface area contributed by atoms with E-state index in [1.165, 1.54) is 0 Å². The molecule has 1 aliphatic heterocycles. The van der Waals surface area contributed by atoms with Gasteiger partial charge < -0.3 is 10.1 Å². The van der Waals surface area contributed by atoms with Crippen molar-refractivity contribution in [3.8, 4) is 18.1 Å². The molecule has 24 heavy (non-hydrogen) atoms. The van der Waals surface area contributed by atoms with Crippen LogP contribution in [0.15, 0.2) is 18.2 Å². The van der Waals surface area contributed by atoms with E-state index in [1.807, 2.05) is 39.0 Å². The van der Waals surface area contributed by atoms with Crippen molar-refractivity contribution >= 4 is 5.91 Å². The van der Waals surface area contributed by atoms with Gasteiger partial charge in [-0.1, -0.05) is 24.1 Å². The molecule has 130 valence electrons. The molecule has 1 aromatic carbocycles. The quantitative estimate of drug-likeness (QED) is 0.816. The fraction of sp³-hybridized carbons (Fsp3) is 0.550. The highest BCUT2D eigenvalue weighted by Crippen LogP contribution is 2.22. The average molecular weight is 328 g/mol. The van der Waals surface area contributed by atoms with Crippen molar-refractivity contribution in [2.45, 2.75) is 39.7 Å². The number of benzene rings is 1. The van der Waals surface area contributed by atoms with Gasteiger partial charge in [0.2, 0.25) is 5.91 Å². The third kappa shape index (κ3) is 5.01. The molecule has 0 aliphatic carbocycles. The Kier molecular flexibility index (Phi) is 6.69. The van der Waals surface area contributed by atoms with Gasteiger partial charge in [-0.05, 0) is 57.8 Å². The maximum absolute atomic E-state index is 12.4. The Bertz CT molecular complexity index is 578. The van der Waals surface area contributed by atoms with Crippen LogP contribution in [0.3, 0.4) is 0 Å². The first-order valence-electron chi connectivity index (χ1n) is 8.66. The molecule has 1 atom stereocenters. The molecule has 4 nitrogen and oxygen atoms in total. The van der Waals surface area contributed by atoms with Crippen LogP contribution in [0.2, 0.25) is 0 Å². The van der Waals surface area contributed by atoms with Gasteiger partial charge in [-0.2, -0.15) is 0 Å². The zero-order valence-corrected chi connectivity index (χ0v) is 15.0. The van der Waals surface area contributed by atoms with Crippen LogP contribution in [0.25, 0.3) is 0 Å². The minimum Gasteiger partial charge on any atom is -0.491 e. The van der Waals surface area contributed by atoms with Gasteiger partial charge in [-0.15, -0.1) is 6.42 Å². The standard InChI is InChI=1S/C20H28N2O2/c1-5-11-22-12-9-18(10-13-22)20(23)21-17(4)14-24-19-15(2)7-6-8-16(19)3/h1,6-8,17-18H,9-14H2,2-4H3,(H,21,23)/t17-/m1/s1. The molecule has 0 saturated carbocycles. The fourth-order valence-electron chi connectivity index (χ4n) is 3.12. The van der Waals surface area contributed by atoms with Crippen molar-refractivity contribution in [1.82, 2.24) is 10.2 Å². The van der Waals surface area contributed by atoms with Crippen LogP contribution in [0.1, 0.15) is 30.9 Å². The summed E-state index contributed by atoms with van der Waals surface area (Å²) in [7, 11) is 0. The van der Waals surface area contributed by atoms with E-state index in [0.29, 0.717) is 13.2 Å². The summed E-state index contributed by atoms with van der Waals surface area (Å²) < 4.78 is 5.92. The normalized spacial score (nSPS) is 17.1. The number of carbonyl (C=O) groups is 1. The lowest BCUT2D eigenvalue weighted by Gasteiger charge is -2.30. The number of ether oxygens (including phenoxy) is 1. The van der Waals surface area contributed by atoms with Crippen molar-refractivity contribution in [1.29, 1.82) is 0 Å². The molecular formula is C20H28N2O2. The SMILES string of the molecule is C#CCN1CCC(C(=O)N[C@H](C)COc2c(C)cccc2C)CC1. The summed E-state index contributed by atoms with van der Waals surface area (Å²) in [6, 6.07) is 6.08. The Hall–Kier alpha value is -1.99. The first-order valence-corrected chi connectivity index (χ1v) is 8.66. The molecule has 1 aliphatic rings. The third-order valence-corrected chi connectivity index (χ3v) is 4.55. The van der Waals surface area contributed by atoms with Gasteiger partial charge in [0, 0.05) is 5.92 Å². The number of hydrogen-bond donors (Lipinski definition) is 1. The number of piperidine rings is 1. The van der Waals surface area contributed by atoms with Crippen LogP contribution in [0.5, 0.6) is 5.75 Å². The number of nitrogens with zero attached hydrogens (tertiary/aromatic N) is 1. The van der Waals surface area contributed by atoms with E-state index in [4.69, 9.17) is 11.2 Å². The number of terminal acetylenes is 1. The average Bonchev–Trinajstić information content (AvgIpc) is 2.55. The lowest BCUT2D eigenvalue weighted by atomic mass is 9.95. The summed E-state index contributed by atoms with van der Waals surface area (Å²) >= 11 is 0. The van der Waals surface area contributed by atoms with E-state index in [2.05, 4.69) is 16.1 Å². The number of nitrogens with one attached hydrogen (secondary N) is 1. The predicted octanol–water partition coefficient (Wildman–Crippen LogP) is 2.53. The number of amides is 1. The topological polar surface area (TPSA) is 41.6 Å². The lowest BCUT2D eigenvalue weighted by Crippen LogP contribution is -2.44. The molecule has 0 radical (unpaired) electrons. The summed E-state index contributed by atoms with van der Waals surface area (Å²) in [5.41, 5.74) is 2.24. The molecular weight excluding hydrogens is 300 g/mol. The maximum atomic E-state index is 12.4. The van der Waals surface area contributed by atoms with Crippen molar-refractivity contribution in [3.63, 3.8) is 0 Å². The van der Waals surface area contributed by atoms with Gasteiger partial charge in [-0.25, -0.2) is 0 Å². The van der Waals surface area contributed by atoms with Crippen LogP contribution in [0, 0.1) is 32.1 Å². The minimum atomic E-state index is -0.0137. The van der Waals surface area contributed by atoms with Crippen molar-refractivity contribution < 1.29 is 9.53 Å². The predicted molar refractivity (Wildman–Crippen MR) is 97.0 cm³/mol. The number of carbonyl (C=O) groups excluding carboxylic acids is 1. The molecule has 1 saturated heterocycles. The van der Waals surface area contributed by atoms with Crippen molar-refractivity contribution in [2.24, 2.45) is 5.92 Å². The first kappa shape index (κ1) is 18.4. The van der Waals surface area contributed by atoms with Crippen molar-refractivity contribution in [3.05, 3.63) is 29.3 Å². The van der Waals surface area contributed by atoms with Crippen LogP contribution in [0.4, 0.5) is 0 Å². The minimum absolute atomic E-state index is 0.0137. The molecule has 1 aromatic rings. The number of likely N-dealkylation sites (tertiary alicyclic amines) is 1. The summed E-state index contributed by atoms with van der Waals surface area (Å²) in [5.74, 6) is 3.80. The molecule has 1 amide bonds. The highest BCUT2D eigenvalue weighted by Gasteiger charge is 2.25.